The molecule has 0 aliphatic heterocycles. The van der Waals surface area contributed by atoms with Crippen LogP contribution in [0.2, 0.25) is 0 Å². The fraction of sp³-hybridized carbons (Fsp3) is 1.00. The van der Waals surface area contributed by atoms with Gasteiger partial charge in [-0.05, 0) is 44.9 Å². The predicted molar refractivity (Wildman–Crippen MR) is 130 cm³/mol. The average molecular weight is 463 g/mol. The molecule has 32 heavy (non-hydrogen) atoms. The highest BCUT2D eigenvalue weighted by Crippen LogP contribution is 2.37. The van der Waals surface area contributed by atoms with E-state index in [1.54, 1.807) is 0 Å². The summed E-state index contributed by atoms with van der Waals surface area (Å²) in [6.07, 6.45) is 13.3. The van der Waals surface area contributed by atoms with Gasteiger partial charge in [0, 0.05) is 17.9 Å². The Morgan fingerprint density at radius 2 is 1.12 bits per heavy atom. The summed E-state index contributed by atoms with van der Waals surface area (Å²) in [5.74, 6) is -0.190. The van der Waals surface area contributed by atoms with Crippen molar-refractivity contribution in [2.75, 3.05) is 13.2 Å². The number of hydrogen-bond acceptors (Lipinski definition) is 6. The van der Waals surface area contributed by atoms with Crippen LogP contribution in [0.25, 0.3) is 0 Å². The topological polar surface area (TPSA) is 121 Å². The lowest BCUT2D eigenvalue weighted by Crippen LogP contribution is -2.44. The summed E-state index contributed by atoms with van der Waals surface area (Å²) in [4.78, 5) is 0. The molecule has 0 aliphatic carbocycles. The van der Waals surface area contributed by atoms with Gasteiger partial charge in [-0.1, -0.05) is 78.1 Å². The van der Waals surface area contributed by atoms with E-state index in [2.05, 4.69) is 6.92 Å². The summed E-state index contributed by atoms with van der Waals surface area (Å²) in [7, 11) is 0. The van der Waals surface area contributed by atoms with Gasteiger partial charge < -0.3 is 30.6 Å². The highest BCUT2D eigenvalue weighted by Gasteiger charge is 2.39. The highest BCUT2D eigenvalue weighted by atomic mass is 16.5. The first-order valence-corrected chi connectivity index (χ1v) is 13.3. The normalized spacial score (nSPS) is 16.8. The fourth-order valence-electron chi connectivity index (χ4n) is 4.72. The van der Waals surface area contributed by atoms with Crippen LogP contribution >= 0.6 is 0 Å². The Morgan fingerprint density at radius 3 is 1.56 bits per heavy atom. The van der Waals surface area contributed by atoms with Crippen LogP contribution in [0, 0.1) is 11.3 Å². The minimum Gasteiger partial charge on any atom is -0.396 e. The van der Waals surface area contributed by atoms with Gasteiger partial charge in [-0.2, -0.15) is 0 Å². The maximum Gasteiger partial charge on any atom is 0.151 e. The Morgan fingerprint density at radius 1 is 0.625 bits per heavy atom. The second-order valence-electron chi connectivity index (χ2n) is 9.84. The van der Waals surface area contributed by atoms with E-state index in [-0.39, 0.29) is 25.2 Å². The van der Waals surface area contributed by atoms with Crippen LogP contribution in [0.5, 0.6) is 0 Å². The summed E-state index contributed by atoms with van der Waals surface area (Å²) in [6.45, 7) is 4.04. The average Bonchev–Trinajstić information content (AvgIpc) is 2.78. The van der Waals surface area contributed by atoms with Crippen LogP contribution in [0.15, 0.2) is 0 Å². The van der Waals surface area contributed by atoms with Crippen molar-refractivity contribution in [3.63, 3.8) is 0 Å². The van der Waals surface area contributed by atoms with E-state index < -0.39 is 17.8 Å². The molecule has 0 spiro atoms. The lowest BCUT2D eigenvalue weighted by molar-refractivity contribution is -0.0742. The van der Waals surface area contributed by atoms with Crippen molar-refractivity contribution >= 4 is 0 Å². The zero-order valence-corrected chi connectivity index (χ0v) is 20.9. The second-order valence-corrected chi connectivity index (χ2v) is 9.84. The Kier molecular flexibility index (Phi) is 20.0. The van der Waals surface area contributed by atoms with Crippen molar-refractivity contribution in [3.05, 3.63) is 0 Å². The van der Waals surface area contributed by atoms with Gasteiger partial charge in [0.2, 0.25) is 0 Å². The van der Waals surface area contributed by atoms with Gasteiger partial charge in [0.25, 0.3) is 0 Å². The van der Waals surface area contributed by atoms with E-state index >= 15 is 0 Å². The zero-order valence-electron chi connectivity index (χ0n) is 20.9. The Labute approximate surface area is 197 Å². The summed E-state index contributed by atoms with van der Waals surface area (Å²) in [6, 6.07) is 0. The van der Waals surface area contributed by atoms with Crippen LogP contribution < -0.4 is 0 Å². The number of unbranched alkanes of at least 4 members (excludes halogenated alkanes) is 8. The molecule has 0 rings (SSSR count). The van der Waals surface area contributed by atoms with Gasteiger partial charge in [-0.25, -0.2) is 0 Å². The van der Waals surface area contributed by atoms with Crippen molar-refractivity contribution in [1.82, 2.24) is 0 Å². The molecule has 6 heteroatoms. The van der Waals surface area contributed by atoms with Crippen LogP contribution in [0.3, 0.4) is 0 Å². The van der Waals surface area contributed by atoms with E-state index in [1.165, 1.54) is 0 Å². The fourth-order valence-corrected chi connectivity index (χ4v) is 4.72. The lowest BCUT2D eigenvalue weighted by Gasteiger charge is -2.39. The van der Waals surface area contributed by atoms with Crippen LogP contribution in [0.4, 0.5) is 0 Å². The molecule has 6 nitrogen and oxygen atoms in total. The molecule has 0 radical (unpaired) electrons. The van der Waals surface area contributed by atoms with E-state index in [1.807, 2.05) is 6.92 Å². The molecular weight excluding hydrogens is 408 g/mol. The molecule has 4 unspecified atom stereocenters. The highest BCUT2D eigenvalue weighted by molar-refractivity contribution is 4.89. The summed E-state index contributed by atoms with van der Waals surface area (Å²) in [5.41, 5.74) is -0.506. The number of aliphatic hydroxyl groups is 6. The van der Waals surface area contributed by atoms with Gasteiger partial charge in [-0.3, -0.25) is 0 Å². The third-order valence-corrected chi connectivity index (χ3v) is 7.22. The van der Waals surface area contributed by atoms with Gasteiger partial charge in [0.1, 0.15) is 0 Å². The van der Waals surface area contributed by atoms with E-state index in [0.717, 1.165) is 96.3 Å². The first-order valence-electron chi connectivity index (χ1n) is 13.3. The molecule has 0 aromatic carbocycles. The molecule has 0 saturated carbocycles. The van der Waals surface area contributed by atoms with Crippen molar-refractivity contribution < 1.29 is 30.6 Å². The monoisotopic (exact) mass is 462 g/mol. The maximum absolute atomic E-state index is 10.9. The Hall–Kier alpha value is -0.240. The molecule has 0 heterocycles. The smallest absolute Gasteiger partial charge is 0.151 e. The lowest BCUT2D eigenvalue weighted by atomic mass is 9.70. The molecule has 6 N–H and O–H groups in total. The van der Waals surface area contributed by atoms with Crippen molar-refractivity contribution in [1.29, 1.82) is 0 Å². The van der Waals surface area contributed by atoms with Crippen LogP contribution in [0.1, 0.15) is 123 Å². The standard InChI is InChI=1S/C26H54O6/c1-3-5-19-26(4-2,21-28)25(32)22(20-27)15-11-9-10-13-17-23(29)16-12-7-6-8-14-18-24(30)31/h22-25,27-32H,3-21H2,1-2H3. The molecule has 0 amide bonds. The van der Waals surface area contributed by atoms with Gasteiger partial charge in [0.05, 0.1) is 18.8 Å². The number of rotatable bonds is 23. The quantitative estimate of drug-likeness (QED) is 0.0996. The van der Waals surface area contributed by atoms with E-state index in [0.29, 0.717) is 12.8 Å². The first kappa shape index (κ1) is 31.8. The largest absolute Gasteiger partial charge is 0.396 e. The summed E-state index contributed by atoms with van der Waals surface area (Å²) in [5, 5.41) is 58.5. The maximum atomic E-state index is 10.9. The Bertz CT molecular complexity index is 400. The Balaban J connectivity index is 3.95. The van der Waals surface area contributed by atoms with Gasteiger partial charge >= 0.3 is 0 Å². The zero-order chi connectivity index (χ0) is 24.2. The number of hydrogen-bond donors (Lipinski definition) is 6. The van der Waals surface area contributed by atoms with Crippen molar-refractivity contribution in [3.8, 4) is 0 Å². The van der Waals surface area contributed by atoms with Crippen molar-refractivity contribution in [2.45, 2.75) is 141 Å². The third kappa shape index (κ3) is 14.1. The van der Waals surface area contributed by atoms with E-state index in [4.69, 9.17) is 10.2 Å². The van der Waals surface area contributed by atoms with Crippen LogP contribution in [-0.2, 0) is 0 Å². The molecule has 0 aromatic rings. The molecule has 0 bridgehead atoms. The first-order chi connectivity index (χ1) is 15.4. The molecule has 0 fully saturated rings. The predicted octanol–water partition coefficient (Wildman–Crippen LogP) is 4.28. The van der Waals surface area contributed by atoms with E-state index in [9.17, 15) is 20.4 Å². The summed E-state index contributed by atoms with van der Waals surface area (Å²) >= 11 is 0. The third-order valence-electron chi connectivity index (χ3n) is 7.22. The minimum absolute atomic E-state index is 0.0369. The molecule has 0 saturated heterocycles. The molecule has 194 valence electrons. The molecular formula is C26H54O6. The molecule has 4 atom stereocenters. The van der Waals surface area contributed by atoms with Crippen molar-refractivity contribution in [2.24, 2.45) is 11.3 Å². The van der Waals surface area contributed by atoms with Gasteiger partial charge in [-0.15, -0.1) is 0 Å². The molecule has 0 aromatic heterocycles. The molecule has 0 aliphatic rings. The SMILES string of the molecule is CCCCC(CC)(CO)C(O)C(CO)CCCCCCC(O)CCCCCCCC(O)O. The van der Waals surface area contributed by atoms with Gasteiger partial charge in [0.15, 0.2) is 6.29 Å². The number of aliphatic hydroxyl groups excluding tert-OH is 5. The minimum atomic E-state index is -1.19. The second kappa shape index (κ2) is 20.2. The summed E-state index contributed by atoms with van der Waals surface area (Å²) < 4.78 is 0. The van der Waals surface area contributed by atoms with Crippen LogP contribution in [-0.4, -0.2) is 62.4 Å².